The van der Waals surface area contributed by atoms with Crippen LogP contribution < -0.4 is 5.73 Å². The summed E-state index contributed by atoms with van der Waals surface area (Å²) in [6, 6.07) is 0.521. The fraction of sp³-hybridized carbons (Fsp3) is 1.00. The van der Waals surface area contributed by atoms with E-state index in [9.17, 15) is 0 Å². The van der Waals surface area contributed by atoms with E-state index in [1.165, 1.54) is 51.4 Å². The van der Waals surface area contributed by atoms with Gasteiger partial charge in [0.25, 0.3) is 0 Å². The van der Waals surface area contributed by atoms with E-state index in [2.05, 4.69) is 6.92 Å². The van der Waals surface area contributed by atoms with Crippen molar-refractivity contribution in [1.82, 2.24) is 0 Å². The molecule has 2 N–H and O–H groups in total. The quantitative estimate of drug-likeness (QED) is 0.731. The highest BCUT2D eigenvalue weighted by Gasteiger charge is 2.32. The van der Waals surface area contributed by atoms with Crippen molar-refractivity contribution >= 4 is 0 Å². The molecule has 0 amide bonds. The molecule has 3 unspecified atom stereocenters. The summed E-state index contributed by atoms with van der Waals surface area (Å²) in [5.41, 5.74) is 6.36. The lowest BCUT2D eigenvalue weighted by molar-refractivity contribution is 0.187. The minimum absolute atomic E-state index is 0.521. The first-order valence-electron chi connectivity index (χ1n) is 6.56. The maximum atomic E-state index is 6.36. The molecule has 82 valence electrons. The minimum atomic E-state index is 0.521. The van der Waals surface area contributed by atoms with Crippen LogP contribution in [0.25, 0.3) is 0 Å². The van der Waals surface area contributed by atoms with E-state index in [1.54, 1.807) is 0 Å². The molecule has 0 heterocycles. The van der Waals surface area contributed by atoms with Gasteiger partial charge in [-0.1, -0.05) is 45.4 Å². The van der Waals surface area contributed by atoms with Crippen LogP contribution in [0.15, 0.2) is 0 Å². The molecule has 2 rings (SSSR count). The monoisotopic (exact) mass is 195 g/mol. The SMILES string of the molecule is CCC1CCCCC1C(N)CC1CC1. The van der Waals surface area contributed by atoms with Gasteiger partial charge in [-0.3, -0.25) is 0 Å². The Hall–Kier alpha value is -0.0400. The van der Waals surface area contributed by atoms with Gasteiger partial charge in [0.1, 0.15) is 0 Å². The summed E-state index contributed by atoms with van der Waals surface area (Å²) in [5.74, 6) is 2.80. The van der Waals surface area contributed by atoms with Crippen LogP contribution in [0.1, 0.15) is 58.3 Å². The van der Waals surface area contributed by atoms with E-state index < -0.39 is 0 Å². The van der Waals surface area contributed by atoms with Crippen molar-refractivity contribution in [3.05, 3.63) is 0 Å². The third-order valence-electron chi connectivity index (χ3n) is 4.34. The molecule has 14 heavy (non-hydrogen) atoms. The average molecular weight is 195 g/mol. The summed E-state index contributed by atoms with van der Waals surface area (Å²) in [5, 5.41) is 0. The minimum Gasteiger partial charge on any atom is -0.327 e. The largest absolute Gasteiger partial charge is 0.327 e. The Kier molecular flexibility index (Phi) is 3.48. The van der Waals surface area contributed by atoms with Crippen molar-refractivity contribution in [1.29, 1.82) is 0 Å². The van der Waals surface area contributed by atoms with Gasteiger partial charge in [0.2, 0.25) is 0 Å². The van der Waals surface area contributed by atoms with Crippen molar-refractivity contribution in [2.45, 2.75) is 64.3 Å². The zero-order valence-electron chi connectivity index (χ0n) is 9.54. The van der Waals surface area contributed by atoms with E-state index in [1.807, 2.05) is 0 Å². The summed E-state index contributed by atoms with van der Waals surface area (Å²) in [6.07, 6.45) is 11.3. The van der Waals surface area contributed by atoms with Gasteiger partial charge < -0.3 is 5.73 Å². The highest BCUT2D eigenvalue weighted by Crippen LogP contribution is 2.39. The molecule has 3 atom stereocenters. The molecular weight excluding hydrogens is 170 g/mol. The predicted octanol–water partition coefficient (Wildman–Crippen LogP) is 3.33. The Morgan fingerprint density at radius 3 is 2.50 bits per heavy atom. The molecule has 0 saturated heterocycles. The van der Waals surface area contributed by atoms with Crippen molar-refractivity contribution < 1.29 is 0 Å². The molecule has 0 aromatic heterocycles. The van der Waals surface area contributed by atoms with Crippen LogP contribution in [0.5, 0.6) is 0 Å². The van der Waals surface area contributed by atoms with Gasteiger partial charge in [-0.15, -0.1) is 0 Å². The second-order valence-electron chi connectivity index (χ2n) is 5.46. The maximum absolute atomic E-state index is 6.36. The second-order valence-corrected chi connectivity index (χ2v) is 5.46. The lowest BCUT2D eigenvalue weighted by Crippen LogP contribution is -2.37. The van der Waals surface area contributed by atoms with Crippen LogP contribution in [-0.2, 0) is 0 Å². The van der Waals surface area contributed by atoms with E-state index >= 15 is 0 Å². The third-order valence-corrected chi connectivity index (χ3v) is 4.34. The molecule has 0 bridgehead atoms. The molecule has 2 aliphatic rings. The molecule has 0 aromatic carbocycles. The van der Waals surface area contributed by atoms with Crippen LogP contribution >= 0.6 is 0 Å². The molecule has 0 aliphatic heterocycles. The molecular formula is C13H25N. The standard InChI is InChI=1S/C13H25N/c1-2-11-5-3-4-6-12(11)13(14)9-10-7-8-10/h10-13H,2-9,14H2,1H3. The lowest BCUT2D eigenvalue weighted by atomic mass is 9.73. The van der Waals surface area contributed by atoms with E-state index in [0.717, 1.165) is 17.8 Å². The van der Waals surface area contributed by atoms with Crippen LogP contribution in [0.2, 0.25) is 0 Å². The van der Waals surface area contributed by atoms with Crippen molar-refractivity contribution in [2.24, 2.45) is 23.5 Å². The normalized spacial score (nSPS) is 35.6. The number of hydrogen-bond donors (Lipinski definition) is 1. The van der Waals surface area contributed by atoms with Gasteiger partial charge in [0, 0.05) is 6.04 Å². The molecule has 2 fully saturated rings. The van der Waals surface area contributed by atoms with Gasteiger partial charge in [0.15, 0.2) is 0 Å². The summed E-state index contributed by atoms with van der Waals surface area (Å²) < 4.78 is 0. The molecule has 2 aliphatic carbocycles. The summed E-state index contributed by atoms with van der Waals surface area (Å²) >= 11 is 0. The first-order chi connectivity index (χ1) is 6.81. The van der Waals surface area contributed by atoms with Crippen LogP contribution in [0.3, 0.4) is 0 Å². The Bertz CT molecular complexity index is 174. The number of rotatable bonds is 4. The van der Waals surface area contributed by atoms with E-state index in [4.69, 9.17) is 5.73 Å². The van der Waals surface area contributed by atoms with Crippen molar-refractivity contribution in [3.8, 4) is 0 Å². The van der Waals surface area contributed by atoms with Crippen LogP contribution in [0, 0.1) is 17.8 Å². The summed E-state index contributed by atoms with van der Waals surface area (Å²) in [4.78, 5) is 0. The maximum Gasteiger partial charge on any atom is 0.00724 e. The van der Waals surface area contributed by atoms with E-state index in [-0.39, 0.29) is 0 Å². The Balaban J connectivity index is 1.84. The zero-order valence-corrected chi connectivity index (χ0v) is 9.54. The zero-order chi connectivity index (χ0) is 9.97. The highest BCUT2D eigenvalue weighted by molar-refractivity contribution is 4.87. The smallest absolute Gasteiger partial charge is 0.00724 e. The van der Waals surface area contributed by atoms with Gasteiger partial charge in [-0.2, -0.15) is 0 Å². The molecule has 0 radical (unpaired) electrons. The predicted molar refractivity (Wildman–Crippen MR) is 61.1 cm³/mol. The molecule has 1 heteroatoms. The van der Waals surface area contributed by atoms with Gasteiger partial charge in [-0.05, 0) is 30.6 Å². The van der Waals surface area contributed by atoms with Crippen molar-refractivity contribution in [2.75, 3.05) is 0 Å². The van der Waals surface area contributed by atoms with Gasteiger partial charge in [0.05, 0.1) is 0 Å². The fourth-order valence-electron chi connectivity index (χ4n) is 3.22. The number of nitrogens with two attached hydrogens (primary N) is 1. The summed E-state index contributed by atoms with van der Waals surface area (Å²) in [6.45, 7) is 2.34. The highest BCUT2D eigenvalue weighted by atomic mass is 14.7. The van der Waals surface area contributed by atoms with Gasteiger partial charge >= 0.3 is 0 Å². The number of hydrogen-bond acceptors (Lipinski definition) is 1. The fourth-order valence-corrected chi connectivity index (χ4v) is 3.22. The summed E-state index contributed by atoms with van der Waals surface area (Å²) in [7, 11) is 0. The van der Waals surface area contributed by atoms with Crippen LogP contribution in [-0.4, -0.2) is 6.04 Å². The lowest BCUT2D eigenvalue weighted by Gasteiger charge is -2.35. The first-order valence-corrected chi connectivity index (χ1v) is 6.56. The first kappa shape index (κ1) is 10.5. The van der Waals surface area contributed by atoms with E-state index in [0.29, 0.717) is 6.04 Å². The third kappa shape index (κ3) is 2.50. The molecule has 0 aromatic rings. The average Bonchev–Trinajstić information content (AvgIpc) is 3.01. The van der Waals surface area contributed by atoms with Crippen molar-refractivity contribution in [3.63, 3.8) is 0 Å². The second kappa shape index (κ2) is 4.65. The van der Waals surface area contributed by atoms with Gasteiger partial charge in [-0.25, -0.2) is 0 Å². The Morgan fingerprint density at radius 1 is 1.14 bits per heavy atom. The molecule has 0 spiro atoms. The molecule has 2 saturated carbocycles. The van der Waals surface area contributed by atoms with Crippen LogP contribution in [0.4, 0.5) is 0 Å². The Morgan fingerprint density at radius 2 is 1.86 bits per heavy atom. The molecule has 1 nitrogen and oxygen atoms in total. The topological polar surface area (TPSA) is 26.0 Å². The Labute approximate surface area is 88.4 Å².